The summed E-state index contributed by atoms with van der Waals surface area (Å²) in [6.07, 6.45) is 8.07. The Hall–Kier alpha value is -3.13. The molecule has 7 nitrogen and oxygen atoms in total. The van der Waals surface area contributed by atoms with Crippen molar-refractivity contribution in [1.82, 2.24) is 20.2 Å². The fourth-order valence-corrected chi connectivity index (χ4v) is 6.54. The van der Waals surface area contributed by atoms with E-state index in [0.717, 1.165) is 61.8 Å². The number of pyridine rings is 2. The minimum Gasteiger partial charge on any atom is -0.398 e. The van der Waals surface area contributed by atoms with Crippen LogP contribution in [0.5, 0.6) is 0 Å². The van der Waals surface area contributed by atoms with Crippen LogP contribution in [0.2, 0.25) is 10.0 Å². The first-order valence-corrected chi connectivity index (χ1v) is 14.7. The molecule has 0 radical (unpaired) electrons. The summed E-state index contributed by atoms with van der Waals surface area (Å²) in [5.74, 6) is 1.61. The van der Waals surface area contributed by atoms with Crippen molar-refractivity contribution in [2.24, 2.45) is 5.92 Å². The molecule has 2 saturated heterocycles. The van der Waals surface area contributed by atoms with E-state index in [1.165, 1.54) is 18.5 Å². The average molecular weight is 579 g/mol. The number of nitrogens with zero attached hydrogens (tertiary/aromatic N) is 4. The molecule has 0 saturated carbocycles. The second-order valence-corrected chi connectivity index (χ2v) is 11.6. The van der Waals surface area contributed by atoms with Crippen LogP contribution < -0.4 is 16.0 Å². The predicted octanol–water partition coefficient (Wildman–Crippen LogP) is 5.76. The van der Waals surface area contributed by atoms with Gasteiger partial charge in [-0.3, -0.25) is 10.4 Å². The number of nitrogen functional groups attached to an aromatic ring is 1. The van der Waals surface area contributed by atoms with Gasteiger partial charge in [-0.25, -0.2) is 4.98 Å². The number of benzene rings is 1. The Balaban J connectivity index is 1.23. The lowest BCUT2D eigenvalue weighted by Crippen LogP contribution is -2.47. The van der Waals surface area contributed by atoms with Gasteiger partial charge < -0.3 is 20.9 Å². The number of allylic oxidation sites excluding steroid dienone is 1. The summed E-state index contributed by atoms with van der Waals surface area (Å²) < 4.78 is 0. The Labute approximate surface area is 246 Å². The van der Waals surface area contributed by atoms with Crippen molar-refractivity contribution < 1.29 is 0 Å². The summed E-state index contributed by atoms with van der Waals surface area (Å²) in [5.41, 5.74) is 11.9. The molecular weight excluding hydrogens is 541 g/mol. The number of hydrogen-bond donors (Lipinski definition) is 3. The van der Waals surface area contributed by atoms with Crippen LogP contribution in [0.1, 0.15) is 47.9 Å². The predicted molar refractivity (Wildman–Crippen MR) is 166 cm³/mol. The van der Waals surface area contributed by atoms with E-state index < -0.39 is 0 Å². The van der Waals surface area contributed by atoms with Gasteiger partial charge in [-0.15, -0.1) is 0 Å². The molecule has 40 heavy (non-hydrogen) atoms. The molecular formula is C31H37Cl2N7. The van der Waals surface area contributed by atoms with Gasteiger partial charge in [0, 0.05) is 73.2 Å². The van der Waals surface area contributed by atoms with Gasteiger partial charge in [0.2, 0.25) is 0 Å². The third-order valence-corrected chi connectivity index (χ3v) is 8.77. The molecule has 2 aliphatic rings. The largest absolute Gasteiger partial charge is 0.398 e. The molecule has 9 heteroatoms. The lowest BCUT2D eigenvalue weighted by Gasteiger charge is -2.40. The summed E-state index contributed by atoms with van der Waals surface area (Å²) in [6, 6.07) is 9.82. The van der Waals surface area contributed by atoms with Crippen molar-refractivity contribution in [2.45, 2.75) is 32.1 Å². The molecule has 0 spiro atoms. The summed E-state index contributed by atoms with van der Waals surface area (Å²) >= 11 is 12.8. The third kappa shape index (κ3) is 6.27. The molecule has 1 aromatic carbocycles. The molecule has 2 aromatic heterocycles. The first-order valence-electron chi connectivity index (χ1n) is 13.9. The van der Waals surface area contributed by atoms with Crippen molar-refractivity contribution in [3.63, 3.8) is 0 Å². The standard InChI is InChI=1S/C31H37Cl2N7/c1-20(30-26(32)18-37-19-27(30)33)15-22-3-5-28(34)25(16-22)31(35)24-4-6-29(38-17-24)40-13-11-39(12-14-40)21(2)23-7-9-36-10-8-23/h3-6,16-20,23,35-36H,2,7-15,34H2,1H3/t20-/m0/s1. The molecule has 2 fully saturated rings. The molecule has 3 aromatic rings. The fraction of sp³-hybridized carbons (Fsp3) is 0.387. The van der Waals surface area contributed by atoms with Crippen molar-refractivity contribution in [2.75, 3.05) is 49.9 Å². The quantitative estimate of drug-likeness (QED) is 0.232. The molecule has 4 heterocycles. The maximum absolute atomic E-state index is 8.90. The number of rotatable bonds is 8. The van der Waals surface area contributed by atoms with Gasteiger partial charge >= 0.3 is 0 Å². The highest BCUT2D eigenvalue weighted by Gasteiger charge is 2.25. The normalized spacial score (nSPS) is 17.1. The number of nitrogens with two attached hydrogens (primary N) is 1. The SMILES string of the molecule is C=C(C1CCNCC1)N1CCN(c2ccc(C(=N)c3cc(C[C@H](C)c4c(Cl)cncc4Cl)ccc3N)cn2)CC1. The first kappa shape index (κ1) is 28.4. The van der Waals surface area contributed by atoms with Gasteiger partial charge in [-0.2, -0.15) is 0 Å². The molecule has 0 aliphatic carbocycles. The van der Waals surface area contributed by atoms with Crippen molar-refractivity contribution in [3.05, 3.63) is 93.5 Å². The van der Waals surface area contributed by atoms with Gasteiger partial charge in [-0.1, -0.05) is 42.8 Å². The summed E-state index contributed by atoms with van der Waals surface area (Å²) in [5, 5.41) is 13.5. The van der Waals surface area contributed by atoms with Crippen LogP contribution in [0, 0.1) is 11.3 Å². The van der Waals surface area contributed by atoms with Crippen molar-refractivity contribution in [1.29, 1.82) is 5.41 Å². The monoisotopic (exact) mass is 577 g/mol. The average Bonchev–Trinajstić information content (AvgIpc) is 2.98. The number of piperidine rings is 1. The topological polar surface area (TPSA) is 94.2 Å². The van der Waals surface area contributed by atoms with Crippen LogP contribution in [0.4, 0.5) is 11.5 Å². The molecule has 5 rings (SSSR count). The fourth-order valence-electron chi connectivity index (χ4n) is 5.81. The van der Waals surface area contributed by atoms with E-state index in [2.05, 4.69) is 33.6 Å². The number of anilines is 2. The Kier molecular flexibility index (Phi) is 8.94. The highest BCUT2D eigenvalue weighted by molar-refractivity contribution is 6.35. The first-order chi connectivity index (χ1) is 19.3. The van der Waals surface area contributed by atoms with Crippen LogP contribution in [0.3, 0.4) is 0 Å². The highest BCUT2D eigenvalue weighted by Crippen LogP contribution is 2.33. The minimum absolute atomic E-state index is 0.0758. The molecule has 4 N–H and O–H groups in total. The van der Waals surface area contributed by atoms with E-state index in [0.29, 0.717) is 39.3 Å². The maximum Gasteiger partial charge on any atom is 0.128 e. The van der Waals surface area contributed by atoms with Gasteiger partial charge in [0.15, 0.2) is 0 Å². The van der Waals surface area contributed by atoms with E-state index in [4.69, 9.17) is 39.3 Å². The zero-order valence-corrected chi connectivity index (χ0v) is 24.5. The Morgan fingerprint density at radius 1 is 1.07 bits per heavy atom. The van der Waals surface area contributed by atoms with Gasteiger partial charge in [0.1, 0.15) is 5.82 Å². The zero-order chi connectivity index (χ0) is 28.2. The van der Waals surface area contributed by atoms with Crippen LogP contribution in [-0.2, 0) is 6.42 Å². The van der Waals surface area contributed by atoms with Crippen LogP contribution in [0.25, 0.3) is 0 Å². The van der Waals surface area contributed by atoms with E-state index in [9.17, 15) is 0 Å². The molecule has 0 bridgehead atoms. The van der Waals surface area contributed by atoms with Crippen molar-refractivity contribution >= 4 is 40.4 Å². The smallest absolute Gasteiger partial charge is 0.128 e. The summed E-state index contributed by atoms with van der Waals surface area (Å²) in [6.45, 7) is 12.4. The summed E-state index contributed by atoms with van der Waals surface area (Å²) in [7, 11) is 0. The zero-order valence-electron chi connectivity index (χ0n) is 23.0. The van der Waals surface area contributed by atoms with E-state index >= 15 is 0 Å². The number of halogens is 2. The Morgan fingerprint density at radius 2 is 1.77 bits per heavy atom. The lowest BCUT2D eigenvalue weighted by molar-refractivity contribution is 0.261. The lowest BCUT2D eigenvalue weighted by atomic mass is 9.92. The van der Waals surface area contributed by atoms with Gasteiger partial charge in [0.05, 0.1) is 15.8 Å². The second-order valence-electron chi connectivity index (χ2n) is 10.8. The molecule has 0 amide bonds. The highest BCUT2D eigenvalue weighted by atomic mass is 35.5. The number of hydrogen-bond acceptors (Lipinski definition) is 7. The minimum atomic E-state index is 0.0758. The van der Waals surface area contributed by atoms with Crippen LogP contribution >= 0.6 is 23.2 Å². The van der Waals surface area contributed by atoms with Gasteiger partial charge in [0.25, 0.3) is 0 Å². The molecule has 0 unspecified atom stereocenters. The Bertz CT molecular complexity index is 1340. The number of aromatic nitrogens is 2. The molecule has 210 valence electrons. The van der Waals surface area contributed by atoms with Crippen LogP contribution in [-0.4, -0.2) is 59.8 Å². The van der Waals surface area contributed by atoms with Gasteiger partial charge in [-0.05, 0) is 73.7 Å². The second kappa shape index (κ2) is 12.6. The molecule has 2 aliphatic heterocycles. The Morgan fingerprint density at radius 3 is 2.42 bits per heavy atom. The number of piperazine rings is 1. The number of nitrogens with one attached hydrogen (secondary N) is 2. The van der Waals surface area contributed by atoms with Crippen molar-refractivity contribution in [3.8, 4) is 0 Å². The van der Waals surface area contributed by atoms with E-state index in [1.54, 1.807) is 18.6 Å². The van der Waals surface area contributed by atoms with E-state index in [-0.39, 0.29) is 5.92 Å². The molecule has 1 atom stereocenters. The maximum atomic E-state index is 8.90. The third-order valence-electron chi connectivity index (χ3n) is 8.17. The van der Waals surface area contributed by atoms with E-state index in [1.807, 2.05) is 30.3 Å². The summed E-state index contributed by atoms with van der Waals surface area (Å²) in [4.78, 5) is 13.5. The van der Waals surface area contributed by atoms with Crippen LogP contribution in [0.15, 0.2) is 61.2 Å².